The molecule has 29 heavy (non-hydrogen) atoms. The maximum absolute atomic E-state index is 13.7. The predicted molar refractivity (Wildman–Crippen MR) is 105 cm³/mol. The highest BCUT2D eigenvalue weighted by Gasteiger charge is 2.27. The van der Waals surface area contributed by atoms with Crippen LogP contribution in [0.3, 0.4) is 0 Å². The highest BCUT2D eigenvalue weighted by atomic mass is 32.2. The van der Waals surface area contributed by atoms with Crippen molar-refractivity contribution in [3.63, 3.8) is 0 Å². The van der Waals surface area contributed by atoms with Crippen molar-refractivity contribution in [3.8, 4) is 0 Å². The highest BCUT2D eigenvalue weighted by molar-refractivity contribution is 7.89. The average molecular weight is 433 g/mol. The normalized spacial score (nSPS) is 14.8. The molecule has 148 valence electrons. The molecule has 2 heterocycles. The van der Waals surface area contributed by atoms with Crippen molar-refractivity contribution >= 4 is 44.6 Å². The third kappa shape index (κ3) is 3.95. The Balaban J connectivity index is 1.62. The number of nitrogens with one attached hydrogen (secondary N) is 2. The molecule has 1 aliphatic heterocycles. The fourth-order valence-corrected chi connectivity index (χ4v) is 4.43. The van der Waals surface area contributed by atoms with Crippen molar-refractivity contribution in [1.82, 2.24) is 9.71 Å². The number of anilines is 1. The Bertz CT molecular complexity index is 1240. The lowest BCUT2D eigenvalue weighted by molar-refractivity contribution is -0.110. The summed E-state index contributed by atoms with van der Waals surface area (Å²) in [4.78, 5) is 16.3. The number of nitrogens with zero attached hydrogens (tertiary/aromatic N) is 1. The highest BCUT2D eigenvalue weighted by Crippen LogP contribution is 2.35. The Kier molecular flexibility index (Phi) is 4.99. The van der Waals surface area contributed by atoms with E-state index in [2.05, 4.69) is 15.0 Å². The number of carbonyl (C=O) groups is 1. The van der Waals surface area contributed by atoms with Crippen molar-refractivity contribution in [2.24, 2.45) is 0 Å². The second-order valence-electron chi connectivity index (χ2n) is 6.15. The lowest BCUT2D eigenvalue weighted by Crippen LogP contribution is -2.23. The van der Waals surface area contributed by atoms with Crippen LogP contribution in [0.1, 0.15) is 16.1 Å². The summed E-state index contributed by atoms with van der Waals surface area (Å²) in [6.45, 7) is -0.343. The zero-order valence-corrected chi connectivity index (χ0v) is 16.3. The van der Waals surface area contributed by atoms with E-state index in [0.29, 0.717) is 27.9 Å². The molecule has 0 aliphatic carbocycles. The first-order valence-electron chi connectivity index (χ1n) is 8.34. The van der Waals surface area contributed by atoms with Crippen molar-refractivity contribution in [3.05, 3.63) is 75.7 Å². The number of amides is 1. The van der Waals surface area contributed by atoms with E-state index in [4.69, 9.17) is 0 Å². The Labute approximate surface area is 169 Å². The lowest BCUT2D eigenvalue weighted by Gasteiger charge is -2.09. The van der Waals surface area contributed by atoms with Gasteiger partial charge in [-0.3, -0.25) is 4.79 Å². The smallest absolute Gasteiger partial charge is 0.256 e. The molecular weight excluding hydrogens is 420 g/mol. The Morgan fingerprint density at radius 1 is 1.17 bits per heavy atom. The molecule has 1 aliphatic rings. The predicted octanol–water partition coefficient (Wildman–Crippen LogP) is 3.39. The van der Waals surface area contributed by atoms with Gasteiger partial charge in [-0.15, -0.1) is 11.3 Å². The molecule has 10 heteroatoms. The summed E-state index contributed by atoms with van der Waals surface area (Å²) in [5.74, 6) is -1.94. The van der Waals surface area contributed by atoms with Crippen LogP contribution in [-0.4, -0.2) is 19.3 Å². The molecule has 0 unspecified atom stereocenters. The Hall–Kier alpha value is -2.95. The van der Waals surface area contributed by atoms with E-state index in [-0.39, 0.29) is 22.9 Å². The summed E-state index contributed by atoms with van der Waals surface area (Å²) >= 11 is 1.34. The van der Waals surface area contributed by atoms with Gasteiger partial charge in [0.25, 0.3) is 5.91 Å². The second kappa shape index (κ2) is 7.47. The minimum absolute atomic E-state index is 0.0114. The van der Waals surface area contributed by atoms with Crippen molar-refractivity contribution in [2.45, 2.75) is 11.4 Å². The number of thiazole rings is 1. The molecule has 1 aromatic heterocycles. The summed E-state index contributed by atoms with van der Waals surface area (Å²) in [6.07, 6.45) is 3.19. The minimum Gasteiger partial charge on any atom is -0.321 e. The van der Waals surface area contributed by atoms with Crippen LogP contribution in [-0.2, 0) is 21.4 Å². The molecule has 3 aromatic rings. The molecule has 6 nitrogen and oxygen atoms in total. The van der Waals surface area contributed by atoms with Gasteiger partial charge < -0.3 is 5.32 Å². The van der Waals surface area contributed by atoms with Crippen LogP contribution in [0.5, 0.6) is 0 Å². The molecule has 4 rings (SSSR count). The maximum Gasteiger partial charge on any atom is 0.256 e. The third-order valence-electron chi connectivity index (χ3n) is 4.27. The summed E-state index contributed by atoms with van der Waals surface area (Å²) in [5, 5.41) is 5.05. The molecule has 1 amide bonds. The molecular formula is C19H13F2N3O3S2. The number of halogens is 2. The number of carbonyl (C=O) groups excluding carboxylic acids is 1. The van der Waals surface area contributed by atoms with E-state index in [1.807, 2.05) is 0 Å². The molecule has 0 saturated heterocycles. The van der Waals surface area contributed by atoms with Gasteiger partial charge in [0.05, 0.1) is 10.5 Å². The van der Waals surface area contributed by atoms with Gasteiger partial charge in [-0.1, -0.05) is 6.07 Å². The van der Waals surface area contributed by atoms with Gasteiger partial charge in [-0.2, -0.15) is 0 Å². The standard InChI is InChI=1S/C19H13F2N3O3S2/c20-12-2-1-11(16(21)7-12)10-23-29(26,27)13-3-4-17-14(8-13)15(19(25)24-17)9-18-22-5-6-28-18/h1-9,23H,10H2,(H,24,25)/b15-9+. The van der Waals surface area contributed by atoms with Gasteiger partial charge in [0, 0.05) is 41.0 Å². The van der Waals surface area contributed by atoms with Crippen LogP contribution in [0, 0.1) is 11.6 Å². The fourth-order valence-electron chi connectivity index (χ4n) is 2.83. The average Bonchev–Trinajstić information content (AvgIpc) is 3.29. The summed E-state index contributed by atoms with van der Waals surface area (Å²) in [6, 6.07) is 7.11. The van der Waals surface area contributed by atoms with Crippen LogP contribution in [0.4, 0.5) is 14.5 Å². The topological polar surface area (TPSA) is 88.2 Å². The fraction of sp³-hybridized carbons (Fsp3) is 0.0526. The van der Waals surface area contributed by atoms with E-state index in [1.54, 1.807) is 17.7 Å². The number of sulfonamides is 1. The number of fused-ring (bicyclic) bond motifs is 1. The molecule has 0 fully saturated rings. The van der Waals surface area contributed by atoms with E-state index >= 15 is 0 Å². The van der Waals surface area contributed by atoms with E-state index in [9.17, 15) is 22.0 Å². The van der Waals surface area contributed by atoms with Crippen LogP contribution >= 0.6 is 11.3 Å². The molecule has 0 spiro atoms. The van der Waals surface area contributed by atoms with E-state index in [1.165, 1.54) is 35.6 Å². The number of hydrogen-bond donors (Lipinski definition) is 2. The molecule has 0 radical (unpaired) electrons. The van der Waals surface area contributed by atoms with E-state index < -0.39 is 21.7 Å². The number of benzene rings is 2. The van der Waals surface area contributed by atoms with Gasteiger partial charge in [0.15, 0.2) is 0 Å². The van der Waals surface area contributed by atoms with Gasteiger partial charge in [0.1, 0.15) is 16.6 Å². The van der Waals surface area contributed by atoms with Crippen LogP contribution < -0.4 is 10.0 Å². The van der Waals surface area contributed by atoms with Gasteiger partial charge in [-0.25, -0.2) is 26.9 Å². The molecule has 2 N–H and O–H groups in total. The SMILES string of the molecule is O=C1Nc2ccc(S(=O)(=O)NCc3ccc(F)cc3F)cc2/C1=C\c1nccs1. The molecule has 2 aromatic carbocycles. The van der Waals surface area contributed by atoms with Crippen LogP contribution in [0.2, 0.25) is 0 Å². The first kappa shape index (κ1) is 19.4. The first-order valence-corrected chi connectivity index (χ1v) is 10.7. The molecule has 0 saturated carbocycles. The van der Waals surface area contributed by atoms with Gasteiger partial charge in [0.2, 0.25) is 10.0 Å². The zero-order chi connectivity index (χ0) is 20.6. The molecule has 0 bridgehead atoms. The lowest BCUT2D eigenvalue weighted by atomic mass is 10.1. The second-order valence-corrected chi connectivity index (χ2v) is 8.84. The van der Waals surface area contributed by atoms with Crippen LogP contribution in [0.25, 0.3) is 11.6 Å². The van der Waals surface area contributed by atoms with Crippen molar-refractivity contribution in [1.29, 1.82) is 0 Å². The van der Waals surface area contributed by atoms with Crippen molar-refractivity contribution < 1.29 is 22.0 Å². The largest absolute Gasteiger partial charge is 0.321 e. The Morgan fingerprint density at radius 3 is 2.72 bits per heavy atom. The summed E-state index contributed by atoms with van der Waals surface area (Å²) in [5.41, 5.74) is 1.23. The van der Waals surface area contributed by atoms with Gasteiger partial charge in [-0.05, 0) is 30.3 Å². The summed E-state index contributed by atoms with van der Waals surface area (Å²) in [7, 11) is -4.00. The van der Waals surface area contributed by atoms with Gasteiger partial charge >= 0.3 is 0 Å². The quantitative estimate of drug-likeness (QED) is 0.604. The zero-order valence-electron chi connectivity index (χ0n) is 14.6. The monoisotopic (exact) mass is 433 g/mol. The maximum atomic E-state index is 13.7. The minimum atomic E-state index is -4.00. The van der Waals surface area contributed by atoms with Crippen molar-refractivity contribution in [2.75, 3.05) is 5.32 Å². The number of aromatic nitrogens is 1. The number of rotatable bonds is 5. The number of hydrogen-bond acceptors (Lipinski definition) is 5. The van der Waals surface area contributed by atoms with E-state index in [0.717, 1.165) is 6.07 Å². The Morgan fingerprint density at radius 2 is 2.00 bits per heavy atom. The third-order valence-corrected chi connectivity index (χ3v) is 6.39. The summed E-state index contributed by atoms with van der Waals surface area (Å²) < 4.78 is 54.3. The molecule has 0 atom stereocenters. The first-order chi connectivity index (χ1) is 13.8. The van der Waals surface area contributed by atoms with Crippen LogP contribution in [0.15, 0.2) is 52.9 Å².